The highest BCUT2D eigenvalue weighted by molar-refractivity contribution is 5.79. The van der Waals surface area contributed by atoms with Crippen LogP contribution in [-0.2, 0) is 4.79 Å². The third-order valence-corrected chi connectivity index (χ3v) is 3.97. The number of piperidine rings is 1. The summed E-state index contributed by atoms with van der Waals surface area (Å²) in [7, 11) is 0. The first-order valence-corrected chi connectivity index (χ1v) is 7.86. The predicted octanol–water partition coefficient (Wildman–Crippen LogP) is -0.0464. The van der Waals surface area contributed by atoms with E-state index < -0.39 is 0 Å². The van der Waals surface area contributed by atoms with E-state index in [4.69, 9.17) is 5.73 Å². The third kappa shape index (κ3) is 3.48. The predicted molar refractivity (Wildman–Crippen MR) is 86.2 cm³/mol. The summed E-state index contributed by atoms with van der Waals surface area (Å²) >= 11 is 0. The number of aromatic nitrogens is 4. The number of amides is 1. The van der Waals surface area contributed by atoms with Crippen LogP contribution in [0, 0.1) is 5.92 Å². The zero-order valence-corrected chi connectivity index (χ0v) is 12.9. The van der Waals surface area contributed by atoms with Crippen LogP contribution in [0.15, 0.2) is 30.3 Å². The summed E-state index contributed by atoms with van der Waals surface area (Å²) in [6, 6.07) is 9.75. The van der Waals surface area contributed by atoms with Crippen LogP contribution in [0.4, 0.5) is 5.95 Å². The maximum absolute atomic E-state index is 12.2. The molecule has 8 nitrogen and oxygen atoms in total. The summed E-state index contributed by atoms with van der Waals surface area (Å²) < 4.78 is 1.71. The number of nitrogens with one attached hydrogen (secondary N) is 1. The summed E-state index contributed by atoms with van der Waals surface area (Å²) in [6.07, 6.45) is 1.81. The zero-order valence-electron chi connectivity index (χ0n) is 12.9. The lowest BCUT2D eigenvalue weighted by atomic mass is 9.97. The second-order valence-electron chi connectivity index (χ2n) is 5.59. The Labute approximate surface area is 134 Å². The highest BCUT2D eigenvalue weighted by Gasteiger charge is 2.28. The number of nitrogens with two attached hydrogens (primary N) is 1. The Morgan fingerprint density at radius 1 is 1.35 bits per heavy atom. The molecule has 1 aromatic carbocycles. The minimum Gasteiger partial charge on any atom is -0.355 e. The number of nitrogens with zero attached hydrogens (tertiary/aromatic N) is 5. The third-order valence-electron chi connectivity index (χ3n) is 3.97. The van der Waals surface area contributed by atoms with Gasteiger partial charge in [-0.25, -0.2) is 0 Å². The van der Waals surface area contributed by atoms with Crippen LogP contribution in [0.3, 0.4) is 0 Å². The van der Waals surface area contributed by atoms with Crippen molar-refractivity contribution in [1.29, 1.82) is 0 Å². The number of carbonyl (C=O) groups is 1. The van der Waals surface area contributed by atoms with Crippen LogP contribution in [-0.4, -0.2) is 52.3 Å². The molecule has 0 spiro atoms. The van der Waals surface area contributed by atoms with Crippen molar-refractivity contribution >= 4 is 11.9 Å². The normalized spacial score (nSPS) is 18.0. The maximum atomic E-state index is 12.2. The molecule has 122 valence electrons. The first-order chi connectivity index (χ1) is 11.3. The van der Waals surface area contributed by atoms with Gasteiger partial charge in [-0.1, -0.05) is 23.3 Å². The van der Waals surface area contributed by atoms with Gasteiger partial charge in [0.25, 0.3) is 0 Å². The number of hydrogen-bond donors (Lipinski definition) is 2. The van der Waals surface area contributed by atoms with Crippen molar-refractivity contribution in [2.75, 3.05) is 31.1 Å². The highest BCUT2D eigenvalue weighted by Crippen LogP contribution is 2.23. The Hall–Kier alpha value is -2.48. The maximum Gasteiger partial charge on any atom is 0.250 e. The minimum atomic E-state index is -0.0591. The van der Waals surface area contributed by atoms with E-state index in [2.05, 4.69) is 25.7 Å². The molecule has 1 aliphatic rings. The monoisotopic (exact) mass is 315 g/mol. The number of para-hydroxylation sites is 1. The smallest absolute Gasteiger partial charge is 0.250 e. The highest BCUT2D eigenvalue weighted by atomic mass is 16.1. The molecule has 1 amide bonds. The lowest BCUT2D eigenvalue weighted by Crippen LogP contribution is -2.44. The number of benzene rings is 1. The molecule has 3 N–H and O–H groups in total. The van der Waals surface area contributed by atoms with Crippen molar-refractivity contribution in [2.45, 2.75) is 12.8 Å². The van der Waals surface area contributed by atoms with Gasteiger partial charge in [0.2, 0.25) is 11.9 Å². The van der Waals surface area contributed by atoms with E-state index in [9.17, 15) is 4.79 Å². The van der Waals surface area contributed by atoms with E-state index in [1.54, 1.807) is 4.68 Å². The van der Waals surface area contributed by atoms with Crippen molar-refractivity contribution < 1.29 is 4.79 Å². The van der Waals surface area contributed by atoms with Gasteiger partial charge < -0.3 is 16.0 Å². The number of carbonyl (C=O) groups excluding carboxylic acids is 1. The van der Waals surface area contributed by atoms with Gasteiger partial charge >= 0.3 is 0 Å². The van der Waals surface area contributed by atoms with Gasteiger partial charge in [0.1, 0.15) is 0 Å². The van der Waals surface area contributed by atoms with Crippen molar-refractivity contribution in [3.8, 4) is 5.69 Å². The molecule has 23 heavy (non-hydrogen) atoms. The quantitative estimate of drug-likeness (QED) is 0.802. The number of rotatable bonds is 5. The van der Waals surface area contributed by atoms with Crippen LogP contribution in [0.25, 0.3) is 5.69 Å². The fourth-order valence-corrected chi connectivity index (χ4v) is 2.83. The van der Waals surface area contributed by atoms with Crippen LogP contribution in [0.5, 0.6) is 0 Å². The van der Waals surface area contributed by atoms with Crippen LogP contribution in [0.2, 0.25) is 0 Å². The van der Waals surface area contributed by atoms with E-state index in [0.29, 0.717) is 25.6 Å². The fourth-order valence-electron chi connectivity index (χ4n) is 2.83. The van der Waals surface area contributed by atoms with E-state index >= 15 is 0 Å². The van der Waals surface area contributed by atoms with Crippen LogP contribution in [0.1, 0.15) is 12.8 Å². The summed E-state index contributed by atoms with van der Waals surface area (Å²) in [5.74, 6) is 0.669. The average Bonchev–Trinajstić information content (AvgIpc) is 3.10. The largest absolute Gasteiger partial charge is 0.355 e. The molecule has 0 aliphatic carbocycles. The van der Waals surface area contributed by atoms with Crippen molar-refractivity contribution in [2.24, 2.45) is 11.7 Å². The zero-order chi connectivity index (χ0) is 16.1. The minimum absolute atomic E-state index is 0.0545. The molecule has 1 fully saturated rings. The van der Waals surface area contributed by atoms with Crippen LogP contribution < -0.4 is 16.0 Å². The topological polar surface area (TPSA) is 102 Å². The van der Waals surface area contributed by atoms with E-state index in [1.165, 1.54) is 0 Å². The Morgan fingerprint density at radius 3 is 2.96 bits per heavy atom. The van der Waals surface area contributed by atoms with Gasteiger partial charge in [-0.3, -0.25) is 4.79 Å². The standard InChI is InChI=1S/C15H21N7O/c16-8-9-17-14(23)12-5-4-10-21(11-12)15-18-19-20-22(15)13-6-2-1-3-7-13/h1-3,6-7,12H,4-5,8-11,16H2,(H,17,23). The molecule has 3 rings (SSSR count). The van der Waals surface area contributed by atoms with E-state index in [-0.39, 0.29) is 11.8 Å². The Bertz CT molecular complexity index is 642. The Balaban J connectivity index is 1.75. The first-order valence-electron chi connectivity index (χ1n) is 7.86. The lowest BCUT2D eigenvalue weighted by molar-refractivity contribution is -0.125. The molecule has 2 aromatic rings. The molecule has 1 atom stereocenters. The molecule has 8 heteroatoms. The molecule has 0 radical (unpaired) electrons. The van der Waals surface area contributed by atoms with Gasteiger partial charge in [-0.05, 0) is 35.4 Å². The van der Waals surface area contributed by atoms with E-state index in [0.717, 1.165) is 25.1 Å². The van der Waals surface area contributed by atoms with E-state index in [1.807, 2.05) is 30.3 Å². The number of hydrogen-bond acceptors (Lipinski definition) is 6. The number of anilines is 1. The summed E-state index contributed by atoms with van der Waals surface area (Å²) in [6.45, 7) is 2.42. The second-order valence-corrected chi connectivity index (χ2v) is 5.59. The fraction of sp³-hybridized carbons (Fsp3) is 0.467. The van der Waals surface area contributed by atoms with Gasteiger partial charge in [-0.15, -0.1) is 0 Å². The summed E-state index contributed by atoms with van der Waals surface area (Å²) in [5, 5.41) is 14.9. The van der Waals surface area contributed by atoms with Gasteiger partial charge in [-0.2, -0.15) is 4.68 Å². The Kier molecular flexibility index (Phi) is 4.82. The van der Waals surface area contributed by atoms with Crippen molar-refractivity contribution in [3.05, 3.63) is 30.3 Å². The van der Waals surface area contributed by atoms with Gasteiger partial charge in [0.05, 0.1) is 11.6 Å². The molecular weight excluding hydrogens is 294 g/mol. The first kappa shape index (κ1) is 15.4. The summed E-state index contributed by atoms with van der Waals surface area (Å²) in [4.78, 5) is 14.2. The molecule has 0 saturated carbocycles. The molecular formula is C15H21N7O. The molecule has 1 saturated heterocycles. The van der Waals surface area contributed by atoms with Crippen molar-refractivity contribution in [3.63, 3.8) is 0 Å². The number of tetrazole rings is 1. The van der Waals surface area contributed by atoms with Crippen molar-refractivity contribution in [1.82, 2.24) is 25.5 Å². The van der Waals surface area contributed by atoms with Crippen LogP contribution >= 0.6 is 0 Å². The van der Waals surface area contributed by atoms with Gasteiger partial charge in [0.15, 0.2) is 0 Å². The SMILES string of the molecule is NCCNC(=O)C1CCCN(c2nnnn2-c2ccccc2)C1. The van der Waals surface area contributed by atoms with Gasteiger partial charge in [0, 0.05) is 26.2 Å². The molecule has 1 unspecified atom stereocenters. The summed E-state index contributed by atoms with van der Waals surface area (Å²) in [5.41, 5.74) is 6.34. The molecule has 0 bridgehead atoms. The average molecular weight is 315 g/mol. The Morgan fingerprint density at radius 2 is 2.17 bits per heavy atom. The second kappa shape index (κ2) is 7.19. The lowest BCUT2D eigenvalue weighted by Gasteiger charge is -2.32. The molecule has 2 heterocycles. The molecule has 1 aromatic heterocycles. The molecule has 1 aliphatic heterocycles.